The molecule has 0 amide bonds. The van der Waals surface area contributed by atoms with Gasteiger partial charge in [0.05, 0.1) is 0 Å². The summed E-state index contributed by atoms with van der Waals surface area (Å²) in [5, 5.41) is 0. The molecule has 0 saturated carbocycles. The second kappa shape index (κ2) is 13.8. The Hall–Kier alpha value is 0.814. The second-order valence-corrected chi connectivity index (χ2v) is 7.76. The Balaban J connectivity index is 0. The summed E-state index contributed by atoms with van der Waals surface area (Å²) < 4.78 is 0. The Morgan fingerprint density at radius 2 is 0.929 bits per heavy atom. The van der Waals surface area contributed by atoms with Crippen LogP contribution in [0.4, 0.5) is 0 Å². The Labute approximate surface area is 105 Å². The van der Waals surface area contributed by atoms with E-state index in [2.05, 4.69) is 20.8 Å². The molecule has 0 aromatic carbocycles. The van der Waals surface area contributed by atoms with Gasteiger partial charge in [0.25, 0.3) is 0 Å². The fourth-order valence-corrected chi connectivity index (χ4v) is 5.73. The van der Waals surface area contributed by atoms with Crippen LogP contribution in [0.5, 0.6) is 0 Å². The summed E-state index contributed by atoms with van der Waals surface area (Å²) in [4.78, 5) is 0. The van der Waals surface area contributed by atoms with E-state index in [1.165, 1.54) is 38.5 Å². The van der Waals surface area contributed by atoms with Crippen molar-refractivity contribution in [3.05, 3.63) is 0 Å². The van der Waals surface area contributed by atoms with Crippen LogP contribution in [-0.4, -0.2) is 27.7 Å². The van der Waals surface area contributed by atoms with E-state index in [9.17, 15) is 0 Å². The van der Waals surface area contributed by atoms with Gasteiger partial charge in [0.1, 0.15) is 0 Å². The van der Waals surface area contributed by atoms with Gasteiger partial charge in [0.2, 0.25) is 0 Å². The minimum atomic E-state index is -0.287. The van der Waals surface area contributed by atoms with Crippen LogP contribution in [0.15, 0.2) is 0 Å². The quantitative estimate of drug-likeness (QED) is 0.503. The van der Waals surface area contributed by atoms with Gasteiger partial charge < -0.3 is 0 Å². The third-order valence-electron chi connectivity index (χ3n) is 2.90. The summed E-state index contributed by atoms with van der Waals surface area (Å²) in [7, 11) is -0.287. The van der Waals surface area contributed by atoms with Gasteiger partial charge in [-0.25, -0.2) is 0 Å². The third-order valence-corrected chi connectivity index (χ3v) is 6.57. The predicted molar refractivity (Wildman–Crippen MR) is 73.4 cm³/mol. The fourth-order valence-electron chi connectivity index (χ4n) is 1.91. The summed E-state index contributed by atoms with van der Waals surface area (Å²) in [6.45, 7) is 6.97. The Morgan fingerprint density at radius 3 is 1.14 bits per heavy atom. The van der Waals surface area contributed by atoms with E-state index in [0.29, 0.717) is 0 Å². The van der Waals surface area contributed by atoms with Crippen molar-refractivity contribution >= 4 is 27.7 Å². The summed E-state index contributed by atoms with van der Waals surface area (Å²) in [5.74, 6) is 0. The van der Waals surface area contributed by atoms with Crippen LogP contribution in [0.2, 0.25) is 18.1 Å². The third kappa shape index (κ3) is 10.9. The summed E-state index contributed by atoms with van der Waals surface area (Å²) in [6, 6.07) is 4.86. The van der Waals surface area contributed by atoms with E-state index in [-0.39, 0.29) is 27.7 Å². The zero-order valence-corrected chi connectivity index (χ0v) is 11.1. The Bertz CT molecular complexity index is 77.3. The van der Waals surface area contributed by atoms with E-state index in [4.69, 9.17) is 0 Å². The van der Waals surface area contributed by atoms with Crippen LogP contribution in [-0.2, 0) is 0 Å². The summed E-state index contributed by atoms with van der Waals surface area (Å²) >= 11 is 0. The van der Waals surface area contributed by atoms with Gasteiger partial charge in [-0.1, -0.05) is 77.4 Å². The zero-order valence-electron chi connectivity index (χ0n) is 9.94. The molecule has 0 unspecified atom stereocenters. The van der Waals surface area contributed by atoms with Gasteiger partial charge in [-0.2, -0.15) is 0 Å². The first-order chi connectivity index (χ1) is 6.35. The molecule has 0 aliphatic heterocycles. The molecule has 0 nitrogen and oxygen atoms in total. The van der Waals surface area contributed by atoms with Crippen molar-refractivity contribution in [3.63, 3.8) is 0 Å². The average molecular weight is 208 g/mol. The van der Waals surface area contributed by atoms with Crippen LogP contribution in [0.1, 0.15) is 59.3 Å². The second-order valence-electron chi connectivity index (χ2n) is 4.29. The van der Waals surface area contributed by atoms with Crippen molar-refractivity contribution in [1.29, 1.82) is 0 Å². The molecule has 82 valence electrons. The van der Waals surface area contributed by atoms with Crippen LogP contribution in [0.3, 0.4) is 0 Å². The first-order valence-electron chi connectivity index (χ1n) is 6.35. The molecular weight excluding hydrogens is 179 g/mol. The van der Waals surface area contributed by atoms with Crippen LogP contribution in [0, 0.1) is 0 Å². The predicted octanol–water partition coefficient (Wildman–Crippen LogP) is 3.97. The molecule has 0 aliphatic carbocycles. The molecule has 0 aliphatic rings. The molecule has 0 bridgehead atoms. The van der Waals surface area contributed by atoms with E-state index in [1.54, 1.807) is 18.1 Å². The van der Waals surface area contributed by atoms with Crippen molar-refractivity contribution < 1.29 is 0 Å². The van der Waals surface area contributed by atoms with Gasteiger partial charge in [0.15, 0.2) is 0 Å². The Morgan fingerprint density at radius 1 is 0.643 bits per heavy atom. The molecular formula is C12H29LiSi. The maximum absolute atomic E-state index is 2.32. The molecule has 0 aromatic heterocycles. The van der Waals surface area contributed by atoms with E-state index in [0.717, 1.165) is 0 Å². The molecule has 0 N–H and O–H groups in total. The van der Waals surface area contributed by atoms with Gasteiger partial charge in [-0.05, 0) is 0 Å². The molecule has 0 saturated heterocycles. The topological polar surface area (TPSA) is 0 Å². The normalized spacial score (nSPS) is 10.3. The van der Waals surface area contributed by atoms with Gasteiger partial charge in [0, 0.05) is 8.80 Å². The molecule has 0 spiro atoms. The number of rotatable bonds is 9. The van der Waals surface area contributed by atoms with E-state index < -0.39 is 0 Å². The number of hydrogen-bond donors (Lipinski definition) is 0. The summed E-state index contributed by atoms with van der Waals surface area (Å²) in [6.07, 6.45) is 8.73. The van der Waals surface area contributed by atoms with Gasteiger partial charge in [-0.3, -0.25) is 0 Å². The number of unbranched alkanes of at least 4 members (excludes halogenated alkanes) is 3. The van der Waals surface area contributed by atoms with Crippen LogP contribution in [0.25, 0.3) is 0 Å². The van der Waals surface area contributed by atoms with Crippen LogP contribution < -0.4 is 0 Å². The first-order valence-corrected chi connectivity index (χ1v) is 8.80. The first kappa shape index (κ1) is 17.2. The van der Waals surface area contributed by atoms with Crippen molar-refractivity contribution in [3.8, 4) is 0 Å². The molecule has 0 aromatic rings. The van der Waals surface area contributed by atoms with Crippen molar-refractivity contribution in [2.24, 2.45) is 0 Å². The molecule has 14 heavy (non-hydrogen) atoms. The minimum absolute atomic E-state index is 0. The number of hydrogen-bond acceptors (Lipinski definition) is 0. The van der Waals surface area contributed by atoms with Crippen molar-refractivity contribution in [2.45, 2.75) is 77.4 Å². The molecule has 0 atom stereocenters. The summed E-state index contributed by atoms with van der Waals surface area (Å²) in [5.41, 5.74) is 0. The van der Waals surface area contributed by atoms with Crippen molar-refractivity contribution in [2.75, 3.05) is 0 Å². The van der Waals surface area contributed by atoms with E-state index >= 15 is 0 Å². The van der Waals surface area contributed by atoms with Crippen molar-refractivity contribution in [1.82, 2.24) is 0 Å². The molecule has 2 heteroatoms. The van der Waals surface area contributed by atoms with Gasteiger partial charge >= 0.3 is 18.9 Å². The van der Waals surface area contributed by atoms with Crippen LogP contribution >= 0.6 is 0 Å². The fraction of sp³-hybridized carbons (Fsp3) is 1.00. The maximum atomic E-state index is 2.32. The SMILES string of the molecule is CCCC[SiH](CCCC)CCCC.[LiH]. The Kier molecular flexibility index (Phi) is 17.0. The zero-order chi connectivity index (χ0) is 9.94. The molecule has 0 heterocycles. The molecule has 0 fully saturated rings. The monoisotopic (exact) mass is 208 g/mol. The molecule has 0 rings (SSSR count). The standard InChI is InChI=1S/C12H28Si.Li.H/c1-4-7-10-13(11-8-5-2)12-9-6-3;;/h13H,4-12H2,1-3H3;;. The molecule has 0 radical (unpaired) electrons. The average Bonchev–Trinajstić information content (AvgIpc) is 2.17. The van der Waals surface area contributed by atoms with E-state index in [1.807, 2.05) is 0 Å². The van der Waals surface area contributed by atoms with Gasteiger partial charge in [-0.15, -0.1) is 0 Å².